The second kappa shape index (κ2) is 7.26. The minimum Gasteiger partial charge on any atom is -0.465 e. The Morgan fingerprint density at radius 2 is 2.04 bits per heavy atom. The van der Waals surface area contributed by atoms with Gasteiger partial charge in [0.05, 0.1) is 11.6 Å². The van der Waals surface area contributed by atoms with Crippen LogP contribution in [0, 0.1) is 6.92 Å². The molecule has 24 heavy (non-hydrogen) atoms. The Balaban J connectivity index is 1.72. The molecular formula is C19H27N3O2. The molecule has 1 amide bonds. The highest BCUT2D eigenvalue weighted by Crippen LogP contribution is 2.26. The highest BCUT2D eigenvalue weighted by Gasteiger charge is 2.26. The molecule has 130 valence electrons. The molecule has 1 unspecified atom stereocenters. The van der Waals surface area contributed by atoms with Crippen molar-refractivity contribution in [2.75, 3.05) is 19.6 Å². The lowest BCUT2D eigenvalue weighted by Gasteiger charge is -2.26. The minimum absolute atomic E-state index is 0.0000694. The number of nitrogens with one attached hydrogen (secondary N) is 1. The molecule has 1 saturated heterocycles. The quantitative estimate of drug-likeness (QED) is 0.886. The van der Waals surface area contributed by atoms with Gasteiger partial charge in [-0.25, -0.2) is 0 Å². The van der Waals surface area contributed by atoms with Crippen LogP contribution in [0.15, 0.2) is 28.8 Å². The van der Waals surface area contributed by atoms with Crippen molar-refractivity contribution < 1.29 is 9.21 Å². The van der Waals surface area contributed by atoms with Crippen molar-refractivity contribution in [3.63, 3.8) is 0 Å². The summed E-state index contributed by atoms with van der Waals surface area (Å²) < 4.78 is 7.86. The van der Waals surface area contributed by atoms with Crippen LogP contribution in [0.2, 0.25) is 0 Å². The summed E-state index contributed by atoms with van der Waals surface area (Å²) in [6.07, 6.45) is 5.21. The van der Waals surface area contributed by atoms with Gasteiger partial charge in [0.1, 0.15) is 11.5 Å². The predicted octanol–water partition coefficient (Wildman–Crippen LogP) is 3.06. The molecule has 1 fully saturated rings. The van der Waals surface area contributed by atoms with Gasteiger partial charge in [-0.3, -0.25) is 9.69 Å². The molecule has 3 rings (SSSR count). The van der Waals surface area contributed by atoms with E-state index in [1.54, 1.807) is 0 Å². The normalized spacial score (nSPS) is 16.5. The molecule has 1 atom stereocenters. The Hall–Kier alpha value is -2.01. The number of rotatable bonds is 6. The monoisotopic (exact) mass is 329 g/mol. The van der Waals surface area contributed by atoms with E-state index in [1.165, 1.54) is 12.8 Å². The van der Waals surface area contributed by atoms with Crippen LogP contribution in [0.1, 0.15) is 53.4 Å². The van der Waals surface area contributed by atoms with Gasteiger partial charge in [-0.2, -0.15) is 0 Å². The van der Waals surface area contributed by atoms with Gasteiger partial charge in [0.25, 0.3) is 5.91 Å². The number of hydrogen-bond acceptors (Lipinski definition) is 3. The van der Waals surface area contributed by atoms with Crippen LogP contribution in [0.4, 0.5) is 0 Å². The zero-order valence-electron chi connectivity index (χ0n) is 14.8. The van der Waals surface area contributed by atoms with Crippen molar-refractivity contribution in [2.45, 2.75) is 39.2 Å². The lowest BCUT2D eigenvalue weighted by Crippen LogP contribution is -2.36. The van der Waals surface area contributed by atoms with Gasteiger partial charge < -0.3 is 14.3 Å². The molecule has 0 radical (unpaired) electrons. The maximum Gasteiger partial charge on any atom is 0.253 e. The topological polar surface area (TPSA) is 50.4 Å². The van der Waals surface area contributed by atoms with Crippen molar-refractivity contribution >= 4 is 5.91 Å². The van der Waals surface area contributed by atoms with Gasteiger partial charge in [0.2, 0.25) is 0 Å². The molecule has 1 aliphatic heterocycles. The zero-order chi connectivity index (χ0) is 17.1. The summed E-state index contributed by atoms with van der Waals surface area (Å²) in [5, 5.41) is 3.12. The Kier molecular flexibility index (Phi) is 5.09. The molecule has 0 aliphatic carbocycles. The first kappa shape index (κ1) is 16.8. The van der Waals surface area contributed by atoms with Gasteiger partial charge in [-0.1, -0.05) is 6.92 Å². The van der Waals surface area contributed by atoms with Gasteiger partial charge in [-0.05, 0) is 57.5 Å². The highest BCUT2D eigenvalue weighted by molar-refractivity contribution is 5.95. The highest BCUT2D eigenvalue weighted by atomic mass is 16.3. The van der Waals surface area contributed by atoms with Crippen LogP contribution >= 0.6 is 0 Å². The van der Waals surface area contributed by atoms with Gasteiger partial charge in [0, 0.05) is 25.5 Å². The summed E-state index contributed by atoms with van der Waals surface area (Å²) in [5.41, 5.74) is 1.84. The van der Waals surface area contributed by atoms with Crippen LogP contribution in [0.3, 0.4) is 0 Å². The summed E-state index contributed by atoms with van der Waals surface area (Å²) in [6.45, 7) is 6.73. The number of hydrogen-bond donors (Lipinski definition) is 1. The molecule has 0 aromatic carbocycles. The summed E-state index contributed by atoms with van der Waals surface area (Å²) >= 11 is 0. The van der Waals surface area contributed by atoms with E-state index >= 15 is 0 Å². The van der Waals surface area contributed by atoms with Crippen molar-refractivity contribution in [1.29, 1.82) is 0 Å². The molecule has 5 heteroatoms. The number of amides is 1. The van der Waals surface area contributed by atoms with Crippen molar-refractivity contribution in [1.82, 2.24) is 14.8 Å². The summed E-state index contributed by atoms with van der Waals surface area (Å²) in [5.74, 6) is 1.86. The fourth-order valence-electron chi connectivity index (χ4n) is 3.59. The van der Waals surface area contributed by atoms with E-state index in [2.05, 4.69) is 17.1 Å². The predicted molar refractivity (Wildman–Crippen MR) is 94.1 cm³/mol. The van der Waals surface area contributed by atoms with Crippen LogP contribution < -0.4 is 5.32 Å². The average Bonchev–Trinajstić information content (AvgIpc) is 3.29. The Morgan fingerprint density at radius 1 is 1.29 bits per heavy atom. The number of likely N-dealkylation sites (tertiary alicyclic amines) is 1. The summed E-state index contributed by atoms with van der Waals surface area (Å²) in [4.78, 5) is 15.0. The van der Waals surface area contributed by atoms with Crippen molar-refractivity contribution in [3.05, 3.63) is 47.2 Å². The van der Waals surface area contributed by atoms with Crippen LogP contribution in [0.25, 0.3) is 0 Å². The lowest BCUT2D eigenvalue weighted by molar-refractivity contribution is 0.0932. The Labute approximate surface area is 143 Å². The SMILES string of the molecule is CCc1c(C(=O)NCC(c2ccc(C)o2)N2CCCC2)ccn1C. The Bertz CT molecular complexity index is 695. The smallest absolute Gasteiger partial charge is 0.253 e. The molecule has 0 saturated carbocycles. The van der Waals surface area contributed by atoms with E-state index < -0.39 is 0 Å². The number of carbonyl (C=O) groups is 1. The third kappa shape index (κ3) is 3.41. The number of nitrogens with zero attached hydrogens (tertiary/aromatic N) is 2. The summed E-state index contributed by atoms with van der Waals surface area (Å²) in [6, 6.07) is 6.03. The standard InChI is InChI=1S/C19H27N3O2/c1-4-16-15(9-12-21(16)3)19(23)20-13-17(22-10-5-6-11-22)18-8-7-14(2)24-18/h7-9,12,17H,4-6,10-11,13H2,1-3H3,(H,20,23). The van der Waals surface area contributed by atoms with Crippen molar-refractivity contribution in [2.24, 2.45) is 7.05 Å². The van der Waals surface area contributed by atoms with Crippen LogP contribution in [-0.2, 0) is 13.5 Å². The fourth-order valence-corrected chi connectivity index (χ4v) is 3.59. The van der Waals surface area contributed by atoms with E-state index in [-0.39, 0.29) is 11.9 Å². The second-order valence-corrected chi connectivity index (χ2v) is 6.56. The minimum atomic E-state index is -0.0000694. The van der Waals surface area contributed by atoms with Crippen molar-refractivity contribution in [3.8, 4) is 0 Å². The number of aromatic nitrogens is 1. The largest absolute Gasteiger partial charge is 0.465 e. The second-order valence-electron chi connectivity index (χ2n) is 6.56. The van der Waals surface area contributed by atoms with E-state index in [0.29, 0.717) is 6.54 Å². The number of furan rings is 1. The summed E-state index contributed by atoms with van der Waals surface area (Å²) in [7, 11) is 1.98. The number of aryl methyl sites for hydroxylation is 2. The molecule has 2 aromatic rings. The molecule has 0 bridgehead atoms. The maximum atomic E-state index is 12.6. The first-order valence-electron chi connectivity index (χ1n) is 8.83. The Morgan fingerprint density at radius 3 is 2.67 bits per heavy atom. The van der Waals surface area contributed by atoms with E-state index in [1.807, 2.05) is 42.9 Å². The molecule has 5 nitrogen and oxygen atoms in total. The molecule has 1 aliphatic rings. The first-order valence-corrected chi connectivity index (χ1v) is 8.83. The van der Waals surface area contributed by atoms with Crippen LogP contribution in [-0.4, -0.2) is 35.0 Å². The van der Waals surface area contributed by atoms with Crippen LogP contribution in [0.5, 0.6) is 0 Å². The van der Waals surface area contributed by atoms with E-state index in [0.717, 1.165) is 42.3 Å². The van der Waals surface area contributed by atoms with Gasteiger partial charge in [0.15, 0.2) is 0 Å². The van der Waals surface area contributed by atoms with Gasteiger partial charge in [-0.15, -0.1) is 0 Å². The van der Waals surface area contributed by atoms with E-state index in [9.17, 15) is 4.79 Å². The van der Waals surface area contributed by atoms with E-state index in [4.69, 9.17) is 4.42 Å². The third-order valence-electron chi connectivity index (χ3n) is 4.91. The maximum absolute atomic E-state index is 12.6. The average molecular weight is 329 g/mol. The molecular weight excluding hydrogens is 302 g/mol. The number of carbonyl (C=O) groups excluding carboxylic acids is 1. The fraction of sp³-hybridized carbons (Fsp3) is 0.526. The lowest BCUT2D eigenvalue weighted by atomic mass is 10.1. The van der Waals surface area contributed by atoms with Gasteiger partial charge >= 0.3 is 0 Å². The zero-order valence-corrected chi connectivity index (χ0v) is 14.8. The molecule has 3 heterocycles. The third-order valence-corrected chi connectivity index (χ3v) is 4.91. The molecule has 0 spiro atoms. The first-order chi connectivity index (χ1) is 11.6. The molecule has 2 aromatic heterocycles. The molecule has 1 N–H and O–H groups in total.